The first kappa shape index (κ1) is 15.6. The zero-order valence-corrected chi connectivity index (χ0v) is 13.3. The van der Waals surface area contributed by atoms with Gasteiger partial charge < -0.3 is 5.32 Å². The third kappa shape index (κ3) is 5.28. The lowest BCUT2D eigenvalue weighted by molar-refractivity contribution is 0.343. The number of hydrogen-bond acceptors (Lipinski definition) is 2. The SMILES string of the molecule is CCNC(CCc1cnn(C)c1)CC1CCCCCC1. The first-order valence-corrected chi connectivity index (χ1v) is 8.49. The van der Waals surface area contributed by atoms with Gasteiger partial charge in [-0.15, -0.1) is 0 Å². The van der Waals surface area contributed by atoms with Crippen LogP contribution < -0.4 is 5.32 Å². The molecular weight excluding hydrogens is 246 g/mol. The molecule has 0 aromatic carbocycles. The molecule has 1 atom stereocenters. The normalized spacial score (nSPS) is 18.9. The molecule has 1 aromatic rings. The van der Waals surface area contributed by atoms with Crippen LogP contribution in [0.4, 0.5) is 0 Å². The van der Waals surface area contributed by atoms with Crippen LogP contribution in [0, 0.1) is 5.92 Å². The number of hydrogen-bond donors (Lipinski definition) is 1. The maximum absolute atomic E-state index is 4.26. The van der Waals surface area contributed by atoms with Crippen molar-refractivity contribution in [3.8, 4) is 0 Å². The van der Waals surface area contributed by atoms with Crippen molar-refractivity contribution in [3.63, 3.8) is 0 Å². The van der Waals surface area contributed by atoms with E-state index in [1.807, 2.05) is 17.9 Å². The Labute approximate surface area is 124 Å². The number of nitrogens with one attached hydrogen (secondary N) is 1. The molecule has 1 aliphatic rings. The zero-order chi connectivity index (χ0) is 14.2. The molecule has 1 aliphatic carbocycles. The van der Waals surface area contributed by atoms with Crippen LogP contribution in [-0.2, 0) is 13.5 Å². The molecule has 0 radical (unpaired) electrons. The van der Waals surface area contributed by atoms with Gasteiger partial charge >= 0.3 is 0 Å². The van der Waals surface area contributed by atoms with E-state index in [2.05, 4.69) is 23.5 Å². The first-order valence-electron chi connectivity index (χ1n) is 8.49. The van der Waals surface area contributed by atoms with Crippen molar-refractivity contribution in [1.29, 1.82) is 0 Å². The topological polar surface area (TPSA) is 29.9 Å². The summed E-state index contributed by atoms with van der Waals surface area (Å²) in [5.41, 5.74) is 1.37. The molecule has 114 valence electrons. The molecule has 1 heterocycles. The molecule has 1 N–H and O–H groups in total. The summed E-state index contributed by atoms with van der Waals surface area (Å²) in [6.45, 7) is 3.31. The van der Waals surface area contributed by atoms with Gasteiger partial charge in [0.2, 0.25) is 0 Å². The van der Waals surface area contributed by atoms with E-state index in [9.17, 15) is 0 Å². The Morgan fingerprint density at radius 3 is 2.65 bits per heavy atom. The minimum absolute atomic E-state index is 0.684. The average Bonchev–Trinajstić information content (AvgIpc) is 2.69. The molecule has 0 bridgehead atoms. The summed E-state index contributed by atoms with van der Waals surface area (Å²) in [5, 5.41) is 7.97. The van der Waals surface area contributed by atoms with E-state index < -0.39 is 0 Å². The monoisotopic (exact) mass is 277 g/mol. The minimum atomic E-state index is 0.684. The molecule has 2 rings (SSSR count). The van der Waals surface area contributed by atoms with Gasteiger partial charge in [0.15, 0.2) is 0 Å². The second kappa shape index (κ2) is 8.46. The largest absolute Gasteiger partial charge is 0.314 e. The molecule has 3 heteroatoms. The fourth-order valence-corrected chi connectivity index (χ4v) is 3.54. The summed E-state index contributed by atoms with van der Waals surface area (Å²) in [6.07, 6.45) is 16.6. The molecule has 20 heavy (non-hydrogen) atoms. The van der Waals surface area contributed by atoms with Gasteiger partial charge in [-0.25, -0.2) is 0 Å². The van der Waals surface area contributed by atoms with Gasteiger partial charge in [-0.2, -0.15) is 5.10 Å². The van der Waals surface area contributed by atoms with E-state index in [1.165, 1.54) is 56.9 Å². The Bertz CT molecular complexity index is 364. The number of aryl methyl sites for hydroxylation is 2. The van der Waals surface area contributed by atoms with Crippen molar-refractivity contribution < 1.29 is 0 Å². The third-order valence-corrected chi connectivity index (χ3v) is 4.63. The standard InChI is InChI=1S/C17H31N3/c1-3-18-17(11-10-16-13-19-20(2)14-16)12-15-8-6-4-5-7-9-15/h13-15,17-18H,3-12H2,1-2H3. The molecule has 0 aliphatic heterocycles. The average molecular weight is 277 g/mol. The van der Waals surface area contributed by atoms with Crippen LogP contribution in [-0.4, -0.2) is 22.4 Å². The van der Waals surface area contributed by atoms with Crippen molar-refractivity contribution in [2.45, 2.75) is 70.8 Å². The predicted octanol–water partition coefficient (Wildman–Crippen LogP) is 3.69. The third-order valence-electron chi connectivity index (χ3n) is 4.63. The first-order chi connectivity index (χ1) is 9.78. The lowest BCUT2D eigenvalue weighted by atomic mass is 9.90. The molecule has 0 amide bonds. The van der Waals surface area contributed by atoms with E-state index in [0.717, 1.165) is 18.9 Å². The summed E-state index contributed by atoms with van der Waals surface area (Å²) < 4.78 is 1.91. The summed E-state index contributed by atoms with van der Waals surface area (Å²) in [5.74, 6) is 0.954. The van der Waals surface area contributed by atoms with E-state index in [1.54, 1.807) is 0 Å². The molecule has 1 fully saturated rings. The summed E-state index contributed by atoms with van der Waals surface area (Å²) >= 11 is 0. The Kier molecular flexibility index (Phi) is 6.58. The van der Waals surface area contributed by atoms with Gasteiger partial charge in [0.1, 0.15) is 0 Å². The van der Waals surface area contributed by atoms with Gasteiger partial charge in [0.05, 0.1) is 6.20 Å². The highest BCUT2D eigenvalue weighted by atomic mass is 15.2. The van der Waals surface area contributed by atoms with Crippen LogP contribution in [0.2, 0.25) is 0 Å². The minimum Gasteiger partial charge on any atom is -0.314 e. The van der Waals surface area contributed by atoms with E-state index >= 15 is 0 Å². The lowest BCUT2D eigenvalue weighted by Gasteiger charge is -2.23. The molecule has 1 unspecified atom stereocenters. The van der Waals surface area contributed by atoms with Crippen LogP contribution in [0.5, 0.6) is 0 Å². The Balaban J connectivity index is 1.79. The van der Waals surface area contributed by atoms with Gasteiger partial charge in [-0.3, -0.25) is 4.68 Å². The van der Waals surface area contributed by atoms with E-state index in [0.29, 0.717) is 6.04 Å². The second-order valence-corrected chi connectivity index (χ2v) is 6.41. The molecular formula is C17H31N3. The fourth-order valence-electron chi connectivity index (χ4n) is 3.54. The van der Waals surface area contributed by atoms with Crippen molar-refractivity contribution in [2.24, 2.45) is 13.0 Å². The fraction of sp³-hybridized carbons (Fsp3) is 0.824. The number of rotatable bonds is 7. The van der Waals surface area contributed by atoms with Crippen molar-refractivity contribution >= 4 is 0 Å². The highest BCUT2D eigenvalue weighted by Crippen LogP contribution is 2.27. The smallest absolute Gasteiger partial charge is 0.0521 e. The van der Waals surface area contributed by atoms with E-state index in [4.69, 9.17) is 0 Å². The summed E-state index contributed by atoms with van der Waals surface area (Å²) in [6, 6.07) is 0.684. The molecule has 1 saturated carbocycles. The number of aromatic nitrogens is 2. The number of nitrogens with zero attached hydrogens (tertiary/aromatic N) is 2. The van der Waals surface area contributed by atoms with Gasteiger partial charge in [0.25, 0.3) is 0 Å². The second-order valence-electron chi connectivity index (χ2n) is 6.41. The zero-order valence-electron chi connectivity index (χ0n) is 13.3. The molecule has 1 aromatic heterocycles. The Morgan fingerprint density at radius 1 is 1.30 bits per heavy atom. The highest BCUT2D eigenvalue weighted by Gasteiger charge is 2.17. The van der Waals surface area contributed by atoms with Crippen LogP contribution in [0.25, 0.3) is 0 Å². The van der Waals surface area contributed by atoms with Gasteiger partial charge in [-0.1, -0.05) is 45.4 Å². The highest BCUT2D eigenvalue weighted by molar-refractivity contribution is 5.04. The van der Waals surface area contributed by atoms with Crippen molar-refractivity contribution in [3.05, 3.63) is 18.0 Å². The van der Waals surface area contributed by atoms with Crippen LogP contribution >= 0.6 is 0 Å². The van der Waals surface area contributed by atoms with Gasteiger partial charge in [-0.05, 0) is 37.3 Å². The molecule has 3 nitrogen and oxygen atoms in total. The Hall–Kier alpha value is -0.830. The lowest BCUT2D eigenvalue weighted by Crippen LogP contribution is -2.31. The Morgan fingerprint density at radius 2 is 2.05 bits per heavy atom. The van der Waals surface area contributed by atoms with E-state index in [-0.39, 0.29) is 0 Å². The van der Waals surface area contributed by atoms with Gasteiger partial charge in [0, 0.05) is 19.3 Å². The van der Waals surface area contributed by atoms with Crippen LogP contribution in [0.1, 0.15) is 63.9 Å². The summed E-state index contributed by atoms with van der Waals surface area (Å²) in [4.78, 5) is 0. The van der Waals surface area contributed by atoms with Crippen LogP contribution in [0.3, 0.4) is 0 Å². The van der Waals surface area contributed by atoms with Crippen LogP contribution in [0.15, 0.2) is 12.4 Å². The maximum atomic E-state index is 4.26. The van der Waals surface area contributed by atoms with Crippen molar-refractivity contribution in [1.82, 2.24) is 15.1 Å². The predicted molar refractivity (Wildman–Crippen MR) is 84.8 cm³/mol. The van der Waals surface area contributed by atoms with Crippen molar-refractivity contribution in [2.75, 3.05) is 6.54 Å². The maximum Gasteiger partial charge on any atom is 0.0521 e. The quantitative estimate of drug-likeness (QED) is 0.770. The molecule has 0 spiro atoms. The summed E-state index contributed by atoms with van der Waals surface area (Å²) in [7, 11) is 2.00. The molecule has 0 saturated heterocycles.